The third kappa shape index (κ3) is 2.88. The molecule has 2 aliphatic heterocycles. The maximum Gasteiger partial charge on any atom is 0.246 e. The Labute approximate surface area is 127 Å². The quantitative estimate of drug-likeness (QED) is 0.847. The van der Waals surface area contributed by atoms with E-state index in [1.165, 1.54) is 4.31 Å². The Kier molecular flexibility index (Phi) is 4.44. The van der Waals surface area contributed by atoms with Gasteiger partial charge < -0.3 is 9.47 Å². The molecule has 2 fully saturated rings. The van der Waals surface area contributed by atoms with Crippen molar-refractivity contribution in [2.75, 3.05) is 19.8 Å². The molecule has 1 aromatic carbocycles. The van der Waals surface area contributed by atoms with Crippen molar-refractivity contribution in [3.63, 3.8) is 0 Å². The molecule has 0 N–H and O–H groups in total. The molecule has 0 amide bonds. The van der Waals surface area contributed by atoms with Gasteiger partial charge in [0.05, 0.1) is 19.3 Å². The largest absolute Gasteiger partial charge is 0.349 e. The Morgan fingerprint density at radius 1 is 1.14 bits per heavy atom. The molecule has 5 nitrogen and oxygen atoms in total. The van der Waals surface area contributed by atoms with Gasteiger partial charge in [0.2, 0.25) is 10.0 Å². The summed E-state index contributed by atoms with van der Waals surface area (Å²) in [7, 11) is -4.14. The monoisotopic (exact) mass is 333 g/mol. The zero-order valence-corrected chi connectivity index (χ0v) is 12.7. The first-order valence-electron chi connectivity index (χ1n) is 7.20. The highest BCUT2D eigenvalue weighted by Crippen LogP contribution is 2.31. The number of nitrogens with zero attached hydrogens (tertiary/aromatic N) is 1. The molecule has 1 atom stereocenters. The lowest BCUT2D eigenvalue weighted by molar-refractivity contribution is -0.0913. The third-order valence-electron chi connectivity index (χ3n) is 3.94. The number of sulfonamides is 1. The molecule has 0 radical (unpaired) electrons. The zero-order chi connectivity index (χ0) is 15.7. The van der Waals surface area contributed by atoms with E-state index in [2.05, 4.69) is 0 Å². The van der Waals surface area contributed by atoms with Crippen LogP contribution in [0.1, 0.15) is 19.3 Å². The summed E-state index contributed by atoms with van der Waals surface area (Å²) in [5.41, 5.74) is 0. The molecule has 2 heterocycles. The van der Waals surface area contributed by atoms with Gasteiger partial charge in [-0.2, -0.15) is 4.31 Å². The first-order chi connectivity index (χ1) is 10.5. The summed E-state index contributed by atoms with van der Waals surface area (Å²) in [6.45, 7) is 1.05. The molecular formula is C14H17F2NO4S. The second-order valence-electron chi connectivity index (χ2n) is 5.36. The van der Waals surface area contributed by atoms with E-state index in [0.29, 0.717) is 32.1 Å². The van der Waals surface area contributed by atoms with Crippen molar-refractivity contribution < 1.29 is 26.7 Å². The Morgan fingerprint density at radius 3 is 2.59 bits per heavy atom. The molecule has 3 rings (SSSR count). The van der Waals surface area contributed by atoms with Gasteiger partial charge in [0, 0.05) is 6.54 Å². The Morgan fingerprint density at radius 2 is 1.86 bits per heavy atom. The van der Waals surface area contributed by atoms with E-state index in [1.807, 2.05) is 0 Å². The van der Waals surface area contributed by atoms with E-state index in [9.17, 15) is 17.2 Å². The van der Waals surface area contributed by atoms with Crippen LogP contribution in [0.4, 0.5) is 8.78 Å². The van der Waals surface area contributed by atoms with Crippen LogP contribution in [0.2, 0.25) is 0 Å². The minimum atomic E-state index is -4.14. The SMILES string of the molecule is O=S(=O)(c1cc(F)ccc1F)N1CCCC[C@H]1C1OCCO1. The summed E-state index contributed by atoms with van der Waals surface area (Å²) in [5.74, 6) is -1.75. The van der Waals surface area contributed by atoms with Gasteiger partial charge >= 0.3 is 0 Å². The van der Waals surface area contributed by atoms with Crippen LogP contribution in [0.15, 0.2) is 23.1 Å². The van der Waals surface area contributed by atoms with Crippen molar-refractivity contribution in [2.45, 2.75) is 36.5 Å². The van der Waals surface area contributed by atoms with E-state index in [0.717, 1.165) is 18.6 Å². The van der Waals surface area contributed by atoms with Crippen molar-refractivity contribution in [3.05, 3.63) is 29.8 Å². The van der Waals surface area contributed by atoms with Crippen LogP contribution >= 0.6 is 0 Å². The standard InChI is InChI=1S/C14H17F2NO4S/c15-10-4-5-11(16)13(9-10)22(18,19)17-6-2-1-3-12(17)14-20-7-8-21-14/h4-5,9,12,14H,1-3,6-8H2/t12-/m0/s1. The minimum absolute atomic E-state index is 0.242. The molecule has 0 aliphatic carbocycles. The van der Waals surface area contributed by atoms with E-state index < -0.39 is 38.9 Å². The Hall–Kier alpha value is -1.09. The predicted molar refractivity (Wildman–Crippen MR) is 73.6 cm³/mol. The molecule has 22 heavy (non-hydrogen) atoms. The van der Waals surface area contributed by atoms with Crippen LogP contribution in [0.3, 0.4) is 0 Å². The lowest BCUT2D eigenvalue weighted by Gasteiger charge is -2.36. The lowest BCUT2D eigenvalue weighted by atomic mass is 10.0. The van der Waals surface area contributed by atoms with Crippen LogP contribution in [0.5, 0.6) is 0 Å². The number of ether oxygens (including phenoxy) is 2. The number of rotatable bonds is 3. The molecule has 0 aromatic heterocycles. The van der Waals surface area contributed by atoms with Gasteiger partial charge in [0.1, 0.15) is 16.5 Å². The summed E-state index contributed by atoms with van der Waals surface area (Å²) >= 11 is 0. The van der Waals surface area contributed by atoms with E-state index in [-0.39, 0.29) is 6.54 Å². The fraction of sp³-hybridized carbons (Fsp3) is 0.571. The molecule has 0 spiro atoms. The van der Waals surface area contributed by atoms with Crippen LogP contribution < -0.4 is 0 Å². The molecule has 2 saturated heterocycles. The van der Waals surface area contributed by atoms with Gasteiger partial charge in [0.15, 0.2) is 6.29 Å². The smallest absolute Gasteiger partial charge is 0.246 e. The average molecular weight is 333 g/mol. The molecule has 8 heteroatoms. The van der Waals surface area contributed by atoms with E-state index >= 15 is 0 Å². The van der Waals surface area contributed by atoms with Crippen LogP contribution in [-0.2, 0) is 19.5 Å². The van der Waals surface area contributed by atoms with Crippen molar-refractivity contribution in [2.24, 2.45) is 0 Å². The maximum absolute atomic E-state index is 13.9. The highest BCUT2D eigenvalue weighted by atomic mass is 32.2. The minimum Gasteiger partial charge on any atom is -0.349 e. The van der Waals surface area contributed by atoms with Gasteiger partial charge in [-0.25, -0.2) is 17.2 Å². The molecule has 122 valence electrons. The van der Waals surface area contributed by atoms with Gasteiger partial charge in [-0.3, -0.25) is 0 Å². The normalized spacial score (nSPS) is 24.7. The first kappa shape index (κ1) is 15.8. The lowest BCUT2D eigenvalue weighted by Crippen LogP contribution is -2.50. The molecule has 2 aliphatic rings. The summed E-state index contributed by atoms with van der Waals surface area (Å²) in [6.07, 6.45) is 1.43. The topological polar surface area (TPSA) is 55.8 Å². The van der Waals surface area contributed by atoms with Gasteiger partial charge in [0.25, 0.3) is 0 Å². The highest BCUT2D eigenvalue weighted by molar-refractivity contribution is 7.89. The van der Waals surface area contributed by atoms with Crippen molar-refractivity contribution in [3.8, 4) is 0 Å². The van der Waals surface area contributed by atoms with Gasteiger partial charge in [-0.1, -0.05) is 6.42 Å². The maximum atomic E-state index is 13.9. The first-order valence-corrected chi connectivity index (χ1v) is 8.64. The van der Waals surface area contributed by atoms with Crippen molar-refractivity contribution >= 4 is 10.0 Å². The number of hydrogen-bond acceptors (Lipinski definition) is 4. The summed E-state index contributed by atoms with van der Waals surface area (Å²) in [6, 6.07) is 1.92. The summed E-state index contributed by atoms with van der Waals surface area (Å²) in [4.78, 5) is -0.641. The second kappa shape index (κ2) is 6.19. The van der Waals surface area contributed by atoms with E-state index in [1.54, 1.807) is 0 Å². The average Bonchev–Trinajstić information content (AvgIpc) is 3.04. The van der Waals surface area contributed by atoms with E-state index in [4.69, 9.17) is 9.47 Å². The summed E-state index contributed by atoms with van der Waals surface area (Å²) in [5, 5.41) is 0. The molecule has 0 unspecified atom stereocenters. The molecular weight excluding hydrogens is 316 g/mol. The Balaban J connectivity index is 1.96. The zero-order valence-electron chi connectivity index (χ0n) is 11.9. The highest BCUT2D eigenvalue weighted by Gasteiger charge is 2.41. The van der Waals surface area contributed by atoms with Gasteiger partial charge in [-0.15, -0.1) is 0 Å². The second-order valence-corrected chi connectivity index (χ2v) is 7.22. The summed E-state index contributed by atoms with van der Waals surface area (Å²) < 4.78 is 64.7. The van der Waals surface area contributed by atoms with Crippen LogP contribution in [0, 0.1) is 11.6 Å². The predicted octanol–water partition coefficient (Wildman–Crippen LogP) is 1.88. The fourth-order valence-corrected chi connectivity index (χ4v) is 4.66. The van der Waals surface area contributed by atoms with Crippen molar-refractivity contribution in [1.29, 1.82) is 0 Å². The van der Waals surface area contributed by atoms with Crippen LogP contribution in [-0.4, -0.2) is 44.8 Å². The number of hydrogen-bond donors (Lipinski definition) is 0. The number of halogens is 2. The number of piperidine rings is 1. The molecule has 1 aromatic rings. The van der Waals surface area contributed by atoms with Gasteiger partial charge in [-0.05, 0) is 31.0 Å². The third-order valence-corrected chi connectivity index (χ3v) is 5.88. The number of benzene rings is 1. The van der Waals surface area contributed by atoms with Crippen LogP contribution in [0.25, 0.3) is 0 Å². The van der Waals surface area contributed by atoms with Crippen molar-refractivity contribution in [1.82, 2.24) is 4.31 Å². The molecule has 0 bridgehead atoms. The Bertz CT molecular complexity index is 646. The molecule has 0 saturated carbocycles. The fourth-order valence-electron chi connectivity index (χ4n) is 2.90.